The molecule has 0 aromatic heterocycles. The molecule has 4 nitrogen and oxygen atoms in total. The van der Waals surface area contributed by atoms with Crippen LogP contribution >= 0.6 is 0 Å². The van der Waals surface area contributed by atoms with Gasteiger partial charge < -0.3 is 10.6 Å². The van der Waals surface area contributed by atoms with Crippen molar-refractivity contribution in [2.45, 2.75) is 45.6 Å². The summed E-state index contributed by atoms with van der Waals surface area (Å²) in [6.07, 6.45) is 3.13. The zero-order chi connectivity index (χ0) is 13.4. The normalized spacial score (nSPS) is 24.8. The summed E-state index contributed by atoms with van der Waals surface area (Å²) < 4.78 is 0. The minimum atomic E-state index is -0.204. The Labute approximate surface area is 110 Å². The SMILES string of the molecule is CC(C)(C)N1CCN(C(=O)C2(CN)CCC2)CC1. The van der Waals surface area contributed by atoms with Crippen molar-refractivity contribution in [1.82, 2.24) is 9.80 Å². The van der Waals surface area contributed by atoms with Crippen molar-refractivity contribution in [1.29, 1.82) is 0 Å². The van der Waals surface area contributed by atoms with Gasteiger partial charge in [0.2, 0.25) is 5.91 Å². The number of nitrogens with zero attached hydrogens (tertiary/aromatic N) is 2. The number of amides is 1. The standard InChI is InChI=1S/C14H27N3O/c1-13(2,3)17-9-7-16(8-10-17)12(18)14(11-15)5-4-6-14/h4-11,15H2,1-3H3. The number of piperazine rings is 1. The summed E-state index contributed by atoms with van der Waals surface area (Å²) in [5.41, 5.74) is 5.82. The van der Waals surface area contributed by atoms with Gasteiger partial charge in [0, 0.05) is 38.3 Å². The molecule has 2 fully saturated rings. The molecule has 1 saturated heterocycles. The van der Waals surface area contributed by atoms with E-state index in [0.717, 1.165) is 45.4 Å². The van der Waals surface area contributed by atoms with Crippen LogP contribution in [0, 0.1) is 5.41 Å². The molecule has 1 saturated carbocycles. The van der Waals surface area contributed by atoms with Gasteiger partial charge in [0.25, 0.3) is 0 Å². The molecule has 0 spiro atoms. The van der Waals surface area contributed by atoms with E-state index in [4.69, 9.17) is 5.73 Å². The van der Waals surface area contributed by atoms with Crippen LogP contribution in [0.2, 0.25) is 0 Å². The van der Waals surface area contributed by atoms with Crippen LogP contribution in [-0.4, -0.2) is 54.0 Å². The molecule has 4 heteroatoms. The minimum Gasteiger partial charge on any atom is -0.340 e. The lowest BCUT2D eigenvalue weighted by atomic mass is 9.67. The van der Waals surface area contributed by atoms with Crippen LogP contribution in [0.3, 0.4) is 0 Å². The highest BCUT2D eigenvalue weighted by molar-refractivity contribution is 5.84. The number of carbonyl (C=O) groups excluding carboxylic acids is 1. The quantitative estimate of drug-likeness (QED) is 0.800. The summed E-state index contributed by atoms with van der Waals surface area (Å²) in [6.45, 7) is 10.9. The molecule has 1 aliphatic carbocycles. The van der Waals surface area contributed by atoms with Crippen LogP contribution in [0.5, 0.6) is 0 Å². The second-order valence-electron chi connectivity index (χ2n) is 6.79. The monoisotopic (exact) mass is 253 g/mol. The fourth-order valence-electron chi connectivity index (χ4n) is 3.02. The highest BCUT2D eigenvalue weighted by atomic mass is 16.2. The first-order valence-corrected chi connectivity index (χ1v) is 7.14. The Bertz CT molecular complexity index is 304. The lowest BCUT2D eigenvalue weighted by Crippen LogP contribution is -2.59. The van der Waals surface area contributed by atoms with Crippen LogP contribution < -0.4 is 5.73 Å². The fourth-order valence-corrected chi connectivity index (χ4v) is 3.02. The first kappa shape index (κ1) is 13.8. The van der Waals surface area contributed by atoms with Gasteiger partial charge in [0.1, 0.15) is 0 Å². The first-order valence-electron chi connectivity index (χ1n) is 7.14. The Morgan fingerprint density at radius 3 is 2.06 bits per heavy atom. The van der Waals surface area contributed by atoms with Gasteiger partial charge in [-0.1, -0.05) is 6.42 Å². The van der Waals surface area contributed by atoms with Gasteiger partial charge in [0.15, 0.2) is 0 Å². The average Bonchev–Trinajstić information content (AvgIpc) is 2.27. The Morgan fingerprint density at radius 1 is 1.17 bits per heavy atom. The van der Waals surface area contributed by atoms with Crippen molar-refractivity contribution in [3.05, 3.63) is 0 Å². The van der Waals surface area contributed by atoms with Gasteiger partial charge >= 0.3 is 0 Å². The minimum absolute atomic E-state index is 0.204. The van der Waals surface area contributed by atoms with Crippen LogP contribution in [0.1, 0.15) is 40.0 Å². The molecule has 2 N–H and O–H groups in total. The van der Waals surface area contributed by atoms with Crippen LogP contribution in [-0.2, 0) is 4.79 Å². The lowest BCUT2D eigenvalue weighted by molar-refractivity contribution is -0.149. The van der Waals surface area contributed by atoms with E-state index in [9.17, 15) is 4.79 Å². The third kappa shape index (κ3) is 2.41. The number of hydrogen-bond donors (Lipinski definition) is 1. The molecule has 0 bridgehead atoms. The van der Waals surface area contributed by atoms with Gasteiger partial charge in [-0.25, -0.2) is 0 Å². The van der Waals surface area contributed by atoms with E-state index in [0.29, 0.717) is 12.5 Å². The maximum absolute atomic E-state index is 12.5. The Hall–Kier alpha value is -0.610. The first-order chi connectivity index (χ1) is 8.39. The highest BCUT2D eigenvalue weighted by Gasteiger charge is 2.45. The van der Waals surface area contributed by atoms with Gasteiger partial charge in [-0.2, -0.15) is 0 Å². The number of carbonyl (C=O) groups is 1. The summed E-state index contributed by atoms with van der Waals surface area (Å²) in [5.74, 6) is 0.310. The summed E-state index contributed by atoms with van der Waals surface area (Å²) in [7, 11) is 0. The maximum atomic E-state index is 12.5. The van der Waals surface area contributed by atoms with E-state index >= 15 is 0 Å². The predicted molar refractivity (Wildman–Crippen MR) is 73.2 cm³/mol. The molecule has 0 radical (unpaired) electrons. The molecule has 2 rings (SSSR count). The van der Waals surface area contributed by atoms with Crippen molar-refractivity contribution in [3.8, 4) is 0 Å². The van der Waals surface area contributed by atoms with Crippen molar-refractivity contribution in [2.75, 3.05) is 32.7 Å². The van der Waals surface area contributed by atoms with E-state index in [1.165, 1.54) is 0 Å². The van der Waals surface area contributed by atoms with Crippen LogP contribution in [0.25, 0.3) is 0 Å². The predicted octanol–water partition coefficient (Wildman–Crippen LogP) is 1.06. The summed E-state index contributed by atoms with van der Waals surface area (Å²) in [6, 6.07) is 0. The van der Waals surface area contributed by atoms with Gasteiger partial charge in [-0.05, 0) is 33.6 Å². The molecular formula is C14H27N3O. The van der Waals surface area contributed by atoms with Crippen LogP contribution in [0.4, 0.5) is 0 Å². The third-order valence-electron chi connectivity index (χ3n) is 4.67. The molecule has 0 atom stereocenters. The fraction of sp³-hybridized carbons (Fsp3) is 0.929. The Morgan fingerprint density at radius 2 is 1.72 bits per heavy atom. The molecule has 0 unspecified atom stereocenters. The molecule has 0 aromatic carbocycles. The van der Waals surface area contributed by atoms with Crippen molar-refractivity contribution < 1.29 is 4.79 Å². The van der Waals surface area contributed by atoms with E-state index in [2.05, 4.69) is 25.7 Å². The molecule has 1 aliphatic heterocycles. The second kappa shape index (κ2) is 4.82. The number of nitrogens with two attached hydrogens (primary N) is 1. The van der Waals surface area contributed by atoms with E-state index in [1.54, 1.807) is 0 Å². The molecule has 18 heavy (non-hydrogen) atoms. The number of hydrogen-bond acceptors (Lipinski definition) is 3. The van der Waals surface area contributed by atoms with Crippen LogP contribution in [0.15, 0.2) is 0 Å². The molecule has 1 amide bonds. The van der Waals surface area contributed by atoms with Crippen molar-refractivity contribution in [2.24, 2.45) is 11.1 Å². The van der Waals surface area contributed by atoms with Gasteiger partial charge in [-0.15, -0.1) is 0 Å². The van der Waals surface area contributed by atoms with Crippen molar-refractivity contribution in [3.63, 3.8) is 0 Å². The maximum Gasteiger partial charge on any atom is 0.230 e. The molecule has 1 heterocycles. The molecular weight excluding hydrogens is 226 g/mol. The van der Waals surface area contributed by atoms with Gasteiger partial charge in [-0.3, -0.25) is 9.69 Å². The summed E-state index contributed by atoms with van der Waals surface area (Å²) in [5, 5.41) is 0. The Kier molecular flexibility index (Phi) is 3.70. The van der Waals surface area contributed by atoms with E-state index in [1.807, 2.05) is 4.90 Å². The highest BCUT2D eigenvalue weighted by Crippen LogP contribution is 2.41. The zero-order valence-corrected chi connectivity index (χ0v) is 12.0. The third-order valence-corrected chi connectivity index (χ3v) is 4.67. The topological polar surface area (TPSA) is 49.6 Å². The average molecular weight is 253 g/mol. The van der Waals surface area contributed by atoms with E-state index < -0.39 is 0 Å². The Balaban J connectivity index is 1.92. The van der Waals surface area contributed by atoms with E-state index in [-0.39, 0.29) is 11.0 Å². The zero-order valence-electron chi connectivity index (χ0n) is 12.0. The number of rotatable bonds is 2. The molecule has 0 aromatic rings. The largest absolute Gasteiger partial charge is 0.340 e. The molecule has 2 aliphatic rings. The molecule has 104 valence electrons. The lowest BCUT2D eigenvalue weighted by Gasteiger charge is -2.47. The van der Waals surface area contributed by atoms with Gasteiger partial charge in [0.05, 0.1) is 5.41 Å². The smallest absolute Gasteiger partial charge is 0.230 e. The summed E-state index contributed by atoms with van der Waals surface area (Å²) in [4.78, 5) is 17.0. The second-order valence-corrected chi connectivity index (χ2v) is 6.79. The summed E-state index contributed by atoms with van der Waals surface area (Å²) >= 11 is 0. The van der Waals surface area contributed by atoms with Crippen molar-refractivity contribution >= 4 is 5.91 Å².